The summed E-state index contributed by atoms with van der Waals surface area (Å²) in [6.07, 6.45) is 8.53. The lowest BCUT2D eigenvalue weighted by molar-refractivity contribution is 0.365. The molecule has 0 aromatic carbocycles. The van der Waals surface area contributed by atoms with E-state index in [1.165, 1.54) is 25.7 Å². The number of guanidine groups is 1. The summed E-state index contributed by atoms with van der Waals surface area (Å²) >= 11 is 6.34. The van der Waals surface area contributed by atoms with Crippen LogP contribution in [0.4, 0.5) is 5.69 Å². The molecule has 1 aliphatic carbocycles. The van der Waals surface area contributed by atoms with Crippen molar-refractivity contribution in [2.45, 2.75) is 45.2 Å². The first kappa shape index (κ1) is 19.9. The number of aryl methyl sites for hydroxylation is 1. The number of aliphatic imine (C=N–C) groups is 1. The maximum Gasteiger partial charge on any atom is 0.194 e. The van der Waals surface area contributed by atoms with E-state index in [2.05, 4.69) is 30.3 Å². The first-order valence-electron chi connectivity index (χ1n) is 10.4. The molecule has 9 heteroatoms. The van der Waals surface area contributed by atoms with Gasteiger partial charge in [-0.25, -0.2) is 4.99 Å². The van der Waals surface area contributed by atoms with Crippen molar-refractivity contribution in [1.82, 2.24) is 30.0 Å². The number of anilines is 1. The van der Waals surface area contributed by atoms with Gasteiger partial charge < -0.3 is 19.7 Å². The van der Waals surface area contributed by atoms with E-state index in [0.29, 0.717) is 17.6 Å². The minimum Gasteiger partial charge on any atom is -0.367 e. The fraction of sp³-hybridized carbons (Fsp3) is 0.600. The van der Waals surface area contributed by atoms with Gasteiger partial charge in [0.15, 0.2) is 11.8 Å². The van der Waals surface area contributed by atoms with E-state index in [1.54, 1.807) is 12.4 Å². The number of hydrogen-bond acceptors (Lipinski definition) is 5. The Morgan fingerprint density at radius 3 is 2.62 bits per heavy atom. The fourth-order valence-electron chi connectivity index (χ4n) is 4.01. The van der Waals surface area contributed by atoms with E-state index >= 15 is 0 Å². The van der Waals surface area contributed by atoms with Crippen molar-refractivity contribution in [1.29, 1.82) is 0 Å². The summed E-state index contributed by atoms with van der Waals surface area (Å²) in [5.41, 5.74) is 1.05. The van der Waals surface area contributed by atoms with Crippen LogP contribution in [-0.2, 0) is 13.6 Å². The lowest BCUT2D eigenvalue weighted by Gasteiger charge is -2.38. The van der Waals surface area contributed by atoms with Gasteiger partial charge in [0, 0.05) is 51.7 Å². The Bertz CT molecular complexity index is 850. The quantitative estimate of drug-likeness (QED) is 0.609. The Hall–Kier alpha value is -2.35. The van der Waals surface area contributed by atoms with Gasteiger partial charge in [0.2, 0.25) is 0 Å². The molecule has 2 aliphatic rings. The SMILES string of the molecule is Cc1nnc(CN=C(NC2CCCC2)N2CCN(c3ccncc3Cl)CC2)n1C. The number of halogens is 1. The second-order valence-corrected chi connectivity index (χ2v) is 8.20. The van der Waals surface area contributed by atoms with Crippen LogP contribution in [0.3, 0.4) is 0 Å². The number of nitrogens with zero attached hydrogens (tertiary/aromatic N) is 7. The molecule has 29 heavy (non-hydrogen) atoms. The molecule has 0 radical (unpaired) electrons. The summed E-state index contributed by atoms with van der Waals surface area (Å²) in [7, 11) is 1.99. The van der Waals surface area contributed by atoms with Crippen molar-refractivity contribution in [3.63, 3.8) is 0 Å². The highest BCUT2D eigenvalue weighted by Gasteiger charge is 2.24. The molecule has 1 N–H and O–H groups in total. The van der Waals surface area contributed by atoms with Gasteiger partial charge in [-0.05, 0) is 25.8 Å². The largest absolute Gasteiger partial charge is 0.367 e. The van der Waals surface area contributed by atoms with Crippen LogP contribution in [0, 0.1) is 6.92 Å². The first-order valence-corrected chi connectivity index (χ1v) is 10.7. The van der Waals surface area contributed by atoms with Crippen molar-refractivity contribution < 1.29 is 0 Å². The summed E-state index contributed by atoms with van der Waals surface area (Å²) in [5.74, 6) is 2.77. The zero-order chi connectivity index (χ0) is 20.2. The molecule has 1 saturated heterocycles. The van der Waals surface area contributed by atoms with Crippen molar-refractivity contribution in [3.05, 3.63) is 35.1 Å². The number of piperazine rings is 1. The van der Waals surface area contributed by atoms with Crippen LogP contribution in [0.1, 0.15) is 37.3 Å². The molecule has 156 valence electrons. The van der Waals surface area contributed by atoms with Gasteiger partial charge in [0.1, 0.15) is 12.4 Å². The molecule has 2 aromatic rings. The van der Waals surface area contributed by atoms with Crippen LogP contribution in [0.2, 0.25) is 5.02 Å². The van der Waals surface area contributed by atoms with Gasteiger partial charge in [0.25, 0.3) is 0 Å². The Morgan fingerprint density at radius 1 is 1.21 bits per heavy atom. The van der Waals surface area contributed by atoms with Crippen LogP contribution >= 0.6 is 11.6 Å². The minimum atomic E-state index is 0.516. The van der Waals surface area contributed by atoms with Crippen LogP contribution in [-0.4, -0.2) is 62.8 Å². The maximum atomic E-state index is 6.34. The van der Waals surface area contributed by atoms with Crippen molar-refractivity contribution in [2.24, 2.45) is 12.0 Å². The molecule has 8 nitrogen and oxygen atoms in total. The number of aromatic nitrogens is 4. The predicted molar refractivity (Wildman–Crippen MR) is 115 cm³/mol. The average Bonchev–Trinajstić information content (AvgIpc) is 3.36. The third-order valence-electron chi connectivity index (χ3n) is 5.91. The van der Waals surface area contributed by atoms with E-state index in [4.69, 9.17) is 16.6 Å². The monoisotopic (exact) mass is 416 g/mol. The third kappa shape index (κ3) is 4.63. The van der Waals surface area contributed by atoms with Gasteiger partial charge >= 0.3 is 0 Å². The zero-order valence-corrected chi connectivity index (χ0v) is 17.9. The summed E-state index contributed by atoms with van der Waals surface area (Å²) in [6, 6.07) is 2.50. The molecule has 0 amide bonds. The second kappa shape index (κ2) is 8.98. The Labute approximate surface area is 177 Å². The molecular weight excluding hydrogens is 388 g/mol. The first-order chi connectivity index (χ1) is 14.1. The van der Waals surface area contributed by atoms with E-state index in [1.807, 2.05) is 24.6 Å². The molecule has 1 saturated carbocycles. The lowest BCUT2D eigenvalue weighted by atomic mass is 10.2. The van der Waals surface area contributed by atoms with E-state index in [-0.39, 0.29) is 0 Å². The number of hydrogen-bond donors (Lipinski definition) is 1. The number of nitrogens with one attached hydrogen (secondary N) is 1. The minimum absolute atomic E-state index is 0.516. The molecule has 0 bridgehead atoms. The molecule has 4 rings (SSSR count). The molecule has 0 atom stereocenters. The summed E-state index contributed by atoms with van der Waals surface area (Å²) in [6.45, 7) is 6.09. The summed E-state index contributed by atoms with van der Waals surface area (Å²) < 4.78 is 2.00. The van der Waals surface area contributed by atoms with E-state index in [9.17, 15) is 0 Å². The standard InChI is InChI=1S/C20H29ClN8/c1-15-25-26-19(27(15)2)14-23-20(24-16-5-3-4-6-16)29-11-9-28(10-12-29)18-7-8-22-13-17(18)21/h7-8,13,16H,3-6,9-12,14H2,1-2H3,(H,23,24). The summed E-state index contributed by atoms with van der Waals surface area (Å²) in [5, 5.41) is 12.8. The van der Waals surface area contributed by atoms with Crippen LogP contribution in [0.15, 0.2) is 23.5 Å². The van der Waals surface area contributed by atoms with Gasteiger partial charge in [0.05, 0.1) is 10.7 Å². The van der Waals surface area contributed by atoms with Gasteiger partial charge in [-0.2, -0.15) is 0 Å². The molecule has 0 spiro atoms. The molecule has 0 unspecified atom stereocenters. The normalized spacial score (nSPS) is 18.5. The summed E-state index contributed by atoms with van der Waals surface area (Å²) in [4.78, 5) is 13.7. The van der Waals surface area contributed by atoms with Crippen molar-refractivity contribution in [2.75, 3.05) is 31.1 Å². The molecular formula is C20H29ClN8. The van der Waals surface area contributed by atoms with E-state index < -0.39 is 0 Å². The number of rotatable bonds is 4. The highest BCUT2D eigenvalue weighted by molar-refractivity contribution is 6.33. The van der Waals surface area contributed by atoms with Gasteiger partial charge in [-0.15, -0.1) is 10.2 Å². The maximum absolute atomic E-state index is 6.34. The van der Waals surface area contributed by atoms with Crippen LogP contribution < -0.4 is 10.2 Å². The predicted octanol–water partition coefficient (Wildman–Crippen LogP) is 2.38. The highest BCUT2D eigenvalue weighted by atomic mass is 35.5. The lowest BCUT2D eigenvalue weighted by Crippen LogP contribution is -2.54. The van der Waals surface area contributed by atoms with Gasteiger partial charge in [-0.3, -0.25) is 4.98 Å². The van der Waals surface area contributed by atoms with Crippen molar-refractivity contribution >= 4 is 23.2 Å². The molecule has 3 heterocycles. The molecule has 2 fully saturated rings. The fourth-order valence-corrected chi connectivity index (χ4v) is 4.25. The zero-order valence-electron chi connectivity index (χ0n) is 17.2. The second-order valence-electron chi connectivity index (χ2n) is 7.79. The third-order valence-corrected chi connectivity index (χ3v) is 6.20. The molecule has 1 aliphatic heterocycles. The highest BCUT2D eigenvalue weighted by Crippen LogP contribution is 2.25. The Balaban J connectivity index is 1.45. The molecule has 2 aromatic heterocycles. The van der Waals surface area contributed by atoms with Crippen molar-refractivity contribution in [3.8, 4) is 0 Å². The van der Waals surface area contributed by atoms with Gasteiger partial charge in [-0.1, -0.05) is 24.4 Å². The Kier molecular flexibility index (Phi) is 6.18. The van der Waals surface area contributed by atoms with Crippen LogP contribution in [0.5, 0.6) is 0 Å². The smallest absolute Gasteiger partial charge is 0.194 e. The average molecular weight is 417 g/mol. The Morgan fingerprint density at radius 2 is 1.97 bits per heavy atom. The number of pyridine rings is 1. The van der Waals surface area contributed by atoms with Crippen LogP contribution in [0.25, 0.3) is 0 Å². The van der Waals surface area contributed by atoms with E-state index in [0.717, 1.165) is 49.5 Å². The topological polar surface area (TPSA) is 74.5 Å².